The summed E-state index contributed by atoms with van der Waals surface area (Å²) in [6.07, 6.45) is 6.64. The zero-order valence-corrected chi connectivity index (χ0v) is 21.7. The van der Waals surface area contributed by atoms with Crippen LogP contribution < -0.4 is 10.1 Å². The standard InChI is InChI=1S/C30H25ClN4O4/c1-39-24-12-9-19(10-13-24)29-20(18-35(34-29)23-6-4-5-22(31)16-23)11-14-28(36)33-27(30(37)38)15-21-17-32-26-8-3-2-7-25(21)26/h2-14,16-18,27,32H,15H2,1H3,(H,33,36)(H,37,38)/b14-11+/t27-/m0/s1. The van der Waals surface area contributed by atoms with Crippen LogP contribution in [0.2, 0.25) is 5.02 Å². The van der Waals surface area contributed by atoms with Gasteiger partial charge >= 0.3 is 5.97 Å². The van der Waals surface area contributed by atoms with Gasteiger partial charge in [0.25, 0.3) is 0 Å². The van der Waals surface area contributed by atoms with Gasteiger partial charge in [-0.05, 0) is 60.2 Å². The van der Waals surface area contributed by atoms with Gasteiger partial charge in [-0.15, -0.1) is 0 Å². The number of nitrogens with zero attached hydrogens (tertiary/aromatic N) is 2. The number of aromatic amines is 1. The number of hydrogen-bond acceptors (Lipinski definition) is 4. The van der Waals surface area contributed by atoms with E-state index in [2.05, 4.69) is 10.3 Å². The maximum absolute atomic E-state index is 12.8. The number of fused-ring (bicyclic) bond motifs is 1. The molecule has 1 amide bonds. The number of rotatable bonds is 9. The number of aliphatic carboxylic acids is 1. The molecule has 5 aromatic rings. The lowest BCUT2D eigenvalue weighted by Crippen LogP contribution is -2.41. The van der Waals surface area contributed by atoms with E-state index < -0.39 is 17.9 Å². The molecule has 8 nitrogen and oxygen atoms in total. The van der Waals surface area contributed by atoms with Crippen molar-refractivity contribution in [3.8, 4) is 22.7 Å². The molecule has 0 aliphatic rings. The van der Waals surface area contributed by atoms with E-state index in [0.29, 0.717) is 22.0 Å². The number of carbonyl (C=O) groups is 2. The first-order valence-electron chi connectivity index (χ1n) is 12.2. The van der Waals surface area contributed by atoms with Crippen molar-refractivity contribution in [2.45, 2.75) is 12.5 Å². The number of hydrogen-bond donors (Lipinski definition) is 3. The van der Waals surface area contributed by atoms with Crippen molar-refractivity contribution in [1.29, 1.82) is 0 Å². The number of ether oxygens (including phenoxy) is 1. The largest absolute Gasteiger partial charge is 0.497 e. The predicted octanol–water partition coefficient (Wildman–Crippen LogP) is 5.51. The number of nitrogens with one attached hydrogen (secondary N) is 2. The van der Waals surface area contributed by atoms with E-state index in [1.165, 1.54) is 6.08 Å². The maximum Gasteiger partial charge on any atom is 0.326 e. The van der Waals surface area contributed by atoms with Crippen LogP contribution in [-0.2, 0) is 16.0 Å². The van der Waals surface area contributed by atoms with E-state index in [1.54, 1.807) is 42.4 Å². The molecule has 3 N–H and O–H groups in total. The van der Waals surface area contributed by atoms with E-state index in [1.807, 2.05) is 60.7 Å². The molecule has 0 aliphatic carbocycles. The minimum atomic E-state index is -1.12. The van der Waals surface area contributed by atoms with Crippen molar-refractivity contribution >= 4 is 40.5 Å². The first-order chi connectivity index (χ1) is 18.9. The van der Waals surface area contributed by atoms with Gasteiger partial charge in [0.2, 0.25) is 5.91 Å². The minimum absolute atomic E-state index is 0.142. The quantitative estimate of drug-likeness (QED) is 0.214. The normalized spacial score (nSPS) is 12.1. The fraction of sp³-hybridized carbons (Fsp3) is 0.100. The number of carbonyl (C=O) groups excluding carboxylic acids is 1. The van der Waals surface area contributed by atoms with Gasteiger partial charge in [-0.2, -0.15) is 5.10 Å². The lowest BCUT2D eigenvalue weighted by atomic mass is 10.0. The van der Waals surface area contributed by atoms with Crippen molar-refractivity contribution in [2.24, 2.45) is 0 Å². The first kappa shape index (κ1) is 25.8. The zero-order chi connectivity index (χ0) is 27.4. The highest BCUT2D eigenvalue weighted by atomic mass is 35.5. The number of methoxy groups -OCH3 is 1. The van der Waals surface area contributed by atoms with Crippen LogP contribution in [0.4, 0.5) is 0 Å². The molecule has 0 unspecified atom stereocenters. The highest BCUT2D eigenvalue weighted by molar-refractivity contribution is 6.30. The molecule has 0 radical (unpaired) electrons. The van der Waals surface area contributed by atoms with Crippen molar-refractivity contribution < 1.29 is 19.4 Å². The number of aromatic nitrogens is 3. The van der Waals surface area contributed by atoms with Gasteiger partial charge in [0, 0.05) is 51.9 Å². The Morgan fingerprint density at radius 3 is 2.67 bits per heavy atom. The van der Waals surface area contributed by atoms with E-state index in [9.17, 15) is 14.7 Å². The molecular weight excluding hydrogens is 516 g/mol. The van der Waals surface area contributed by atoms with Gasteiger partial charge in [-0.1, -0.05) is 35.9 Å². The fourth-order valence-electron chi connectivity index (χ4n) is 4.34. The molecule has 0 aliphatic heterocycles. The summed E-state index contributed by atoms with van der Waals surface area (Å²) in [6.45, 7) is 0. The molecule has 5 rings (SSSR count). The highest BCUT2D eigenvalue weighted by Gasteiger charge is 2.21. The summed E-state index contributed by atoms with van der Waals surface area (Å²) in [5.74, 6) is -0.937. The van der Waals surface area contributed by atoms with Crippen LogP contribution in [0.25, 0.3) is 33.9 Å². The van der Waals surface area contributed by atoms with Gasteiger partial charge in [-0.25, -0.2) is 9.48 Å². The number of amides is 1. The Hall–Kier alpha value is -4.82. The fourth-order valence-corrected chi connectivity index (χ4v) is 4.52. The van der Waals surface area contributed by atoms with Gasteiger partial charge in [0.05, 0.1) is 18.5 Å². The third-order valence-electron chi connectivity index (χ3n) is 6.31. The number of carboxylic acids is 1. The Bertz CT molecular complexity index is 1670. The van der Waals surface area contributed by atoms with Gasteiger partial charge in [0.15, 0.2) is 0 Å². The van der Waals surface area contributed by atoms with Crippen molar-refractivity contribution in [2.75, 3.05) is 7.11 Å². The molecule has 2 aromatic heterocycles. The molecular formula is C30H25ClN4O4. The van der Waals surface area contributed by atoms with Crippen molar-refractivity contribution in [3.05, 3.63) is 107 Å². The Morgan fingerprint density at radius 1 is 1.13 bits per heavy atom. The van der Waals surface area contributed by atoms with Crippen LogP contribution in [0.15, 0.2) is 91.3 Å². The Morgan fingerprint density at radius 2 is 1.92 bits per heavy atom. The number of carboxylic acid groups (broad SMARTS) is 1. The lowest BCUT2D eigenvalue weighted by molar-refractivity contribution is -0.141. The summed E-state index contributed by atoms with van der Waals surface area (Å²) < 4.78 is 6.94. The predicted molar refractivity (Wildman–Crippen MR) is 151 cm³/mol. The van der Waals surface area contributed by atoms with Gasteiger partial charge < -0.3 is 20.1 Å². The summed E-state index contributed by atoms with van der Waals surface area (Å²) in [4.78, 5) is 27.9. The van der Waals surface area contributed by atoms with Crippen LogP contribution in [0.1, 0.15) is 11.1 Å². The monoisotopic (exact) mass is 540 g/mol. The SMILES string of the molecule is COc1ccc(-c2nn(-c3cccc(Cl)c3)cc2/C=C/C(=O)N[C@@H](Cc2c[nH]c3ccccc23)C(=O)O)cc1. The molecule has 196 valence electrons. The average Bonchev–Trinajstić information content (AvgIpc) is 3.56. The molecule has 0 saturated heterocycles. The molecule has 39 heavy (non-hydrogen) atoms. The van der Waals surface area contributed by atoms with E-state index in [4.69, 9.17) is 21.4 Å². The van der Waals surface area contributed by atoms with Crippen molar-refractivity contribution in [1.82, 2.24) is 20.1 Å². The van der Waals surface area contributed by atoms with E-state index in [0.717, 1.165) is 27.7 Å². The Balaban J connectivity index is 1.40. The molecule has 9 heteroatoms. The molecule has 0 saturated carbocycles. The van der Waals surface area contributed by atoms with E-state index >= 15 is 0 Å². The molecule has 0 fully saturated rings. The van der Waals surface area contributed by atoms with Crippen LogP contribution in [0.5, 0.6) is 5.75 Å². The summed E-state index contributed by atoms with van der Waals surface area (Å²) in [6, 6.07) is 21.2. The summed E-state index contributed by atoms with van der Waals surface area (Å²) in [5, 5.41) is 18.6. The maximum atomic E-state index is 12.8. The third-order valence-corrected chi connectivity index (χ3v) is 6.54. The highest BCUT2D eigenvalue weighted by Crippen LogP contribution is 2.27. The third kappa shape index (κ3) is 5.86. The van der Waals surface area contributed by atoms with E-state index in [-0.39, 0.29) is 6.42 Å². The molecule has 0 bridgehead atoms. The van der Waals surface area contributed by atoms with Crippen LogP contribution >= 0.6 is 11.6 Å². The second-order valence-corrected chi connectivity index (χ2v) is 9.32. The summed E-state index contributed by atoms with van der Waals surface area (Å²) in [5.41, 5.74) is 4.59. The van der Waals surface area contributed by atoms with Crippen LogP contribution in [0.3, 0.4) is 0 Å². The topological polar surface area (TPSA) is 109 Å². The number of H-pyrrole nitrogens is 1. The molecule has 0 spiro atoms. The number of halogens is 1. The average molecular weight is 541 g/mol. The second-order valence-electron chi connectivity index (χ2n) is 8.88. The van der Waals surface area contributed by atoms with Crippen LogP contribution in [-0.4, -0.2) is 44.9 Å². The molecule has 3 aromatic carbocycles. The van der Waals surface area contributed by atoms with Gasteiger partial charge in [-0.3, -0.25) is 4.79 Å². The smallest absolute Gasteiger partial charge is 0.326 e. The number of para-hydroxylation sites is 1. The van der Waals surface area contributed by atoms with Crippen molar-refractivity contribution in [3.63, 3.8) is 0 Å². The Labute approximate surface area is 229 Å². The molecule has 1 atom stereocenters. The lowest BCUT2D eigenvalue weighted by Gasteiger charge is -2.12. The second kappa shape index (κ2) is 11.3. The summed E-state index contributed by atoms with van der Waals surface area (Å²) in [7, 11) is 1.60. The summed E-state index contributed by atoms with van der Waals surface area (Å²) >= 11 is 6.18. The zero-order valence-electron chi connectivity index (χ0n) is 21.0. The van der Waals surface area contributed by atoms with Crippen LogP contribution in [0, 0.1) is 0 Å². The van der Waals surface area contributed by atoms with Gasteiger partial charge in [0.1, 0.15) is 11.8 Å². The number of benzene rings is 3. The Kier molecular flexibility index (Phi) is 7.47. The first-order valence-corrected chi connectivity index (χ1v) is 12.6. The molecule has 2 heterocycles. The minimum Gasteiger partial charge on any atom is -0.497 e.